The van der Waals surface area contributed by atoms with Crippen LogP contribution in [-0.2, 0) is 16.0 Å². The van der Waals surface area contributed by atoms with E-state index in [2.05, 4.69) is 15.2 Å². The smallest absolute Gasteiger partial charge is 0.228 e. The molecule has 1 N–H and O–H groups in total. The summed E-state index contributed by atoms with van der Waals surface area (Å²) in [5.74, 6) is 1.53. The molecule has 2 aromatic rings. The van der Waals surface area contributed by atoms with E-state index in [0.29, 0.717) is 18.8 Å². The molecule has 1 saturated heterocycles. The molecule has 0 saturated carbocycles. The Kier molecular flexibility index (Phi) is 4.03. The fourth-order valence-electron chi connectivity index (χ4n) is 2.66. The van der Waals surface area contributed by atoms with Gasteiger partial charge in [0.15, 0.2) is 5.82 Å². The van der Waals surface area contributed by atoms with Crippen molar-refractivity contribution in [1.82, 2.24) is 20.1 Å². The summed E-state index contributed by atoms with van der Waals surface area (Å²) in [7, 11) is 1.68. The predicted octanol–water partition coefficient (Wildman–Crippen LogP) is 1.71. The van der Waals surface area contributed by atoms with Crippen molar-refractivity contribution < 1.29 is 9.53 Å². The zero-order valence-electron chi connectivity index (χ0n) is 12.1. The minimum atomic E-state index is -0.104. The molecule has 2 atom stereocenters. The van der Waals surface area contributed by atoms with Crippen LogP contribution >= 0.6 is 11.3 Å². The summed E-state index contributed by atoms with van der Waals surface area (Å²) in [4.78, 5) is 19.9. The molecule has 2 aromatic heterocycles. The monoisotopic (exact) mass is 306 g/mol. The number of H-pyrrole nitrogens is 1. The topological polar surface area (TPSA) is 71.1 Å². The number of methoxy groups -OCH3 is 1. The van der Waals surface area contributed by atoms with Gasteiger partial charge in [0, 0.05) is 25.0 Å². The number of likely N-dealkylation sites (tertiary alicyclic amines) is 1. The molecule has 3 heterocycles. The molecule has 0 aliphatic carbocycles. The van der Waals surface area contributed by atoms with Gasteiger partial charge in [-0.25, -0.2) is 4.98 Å². The molecule has 21 heavy (non-hydrogen) atoms. The maximum atomic E-state index is 12.6. The summed E-state index contributed by atoms with van der Waals surface area (Å²) >= 11 is 1.60. The molecular weight excluding hydrogens is 288 g/mol. The summed E-state index contributed by atoms with van der Waals surface area (Å²) < 4.78 is 5.43. The van der Waals surface area contributed by atoms with Crippen LogP contribution in [0, 0.1) is 6.92 Å². The van der Waals surface area contributed by atoms with Crippen LogP contribution in [0.15, 0.2) is 17.5 Å². The first-order valence-corrected chi connectivity index (χ1v) is 7.79. The van der Waals surface area contributed by atoms with E-state index in [0.717, 1.165) is 17.1 Å². The van der Waals surface area contributed by atoms with E-state index in [-0.39, 0.29) is 18.1 Å². The number of carbonyl (C=O) groups excluding carboxylic acids is 1. The Bertz CT molecular complexity index is 610. The first-order chi connectivity index (χ1) is 10.2. The van der Waals surface area contributed by atoms with Gasteiger partial charge in [0.2, 0.25) is 5.91 Å². The molecule has 1 aliphatic heterocycles. The van der Waals surface area contributed by atoms with Crippen molar-refractivity contribution in [3.63, 3.8) is 0 Å². The van der Waals surface area contributed by atoms with Crippen molar-refractivity contribution in [2.75, 3.05) is 13.7 Å². The third kappa shape index (κ3) is 2.98. The number of amides is 1. The first kappa shape index (κ1) is 14.2. The molecule has 112 valence electrons. The Morgan fingerprint density at radius 3 is 3.10 bits per heavy atom. The molecule has 1 amide bonds. The van der Waals surface area contributed by atoms with E-state index in [1.54, 1.807) is 18.4 Å². The van der Waals surface area contributed by atoms with E-state index >= 15 is 0 Å². The largest absolute Gasteiger partial charge is 0.380 e. The van der Waals surface area contributed by atoms with Gasteiger partial charge in [-0.05, 0) is 18.4 Å². The normalized spacial score (nSPS) is 21.9. The van der Waals surface area contributed by atoms with Crippen LogP contribution in [0.25, 0.3) is 0 Å². The van der Waals surface area contributed by atoms with Crippen LogP contribution in [-0.4, -0.2) is 45.7 Å². The number of nitrogens with one attached hydrogen (secondary N) is 1. The number of hydrogen-bond donors (Lipinski definition) is 1. The van der Waals surface area contributed by atoms with E-state index in [9.17, 15) is 4.79 Å². The van der Waals surface area contributed by atoms with Gasteiger partial charge in [-0.15, -0.1) is 11.3 Å². The average molecular weight is 306 g/mol. The summed E-state index contributed by atoms with van der Waals surface area (Å²) in [6, 6.07) is 3.84. The van der Waals surface area contributed by atoms with Crippen LogP contribution in [0.2, 0.25) is 0 Å². The quantitative estimate of drug-likeness (QED) is 0.933. The highest BCUT2D eigenvalue weighted by atomic mass is 32.1. The van der Waals surface area contributed by atoms with E-state index in [1.165, 1.54) is 0 Å². The molecule has 0 aromatic carbocycles. The van der Waals surface area contributed by atoms with Gasteiger partial charge in [0.1, 0.15) is 5.82 Å². The van der Waals surface area contributed by atoms with Crippen molar-refractivity contribution in [2.24, 2.45) is 0 Å². The lowest BCUT2D eigenvalue weighted by Gasteiger charge is -2.22. The number of carbonyl (C=O) groups is 1. The van der Waals surface area contributed by atoms with Crippen LogP contribution in [0.5, 0.6) is 0 Å². The van der Waals surface area contributed by atoms with Crippen LogP contribution < -0.4 is 0 Å². The zero-order chi connectivity index (χ0) is 14.8. The minimum absolute atomic E-state index is 0.0427. The molecular formula is C14H18N4O2S. The maximum absolute atomic E-state index is 12.6. The Hall–Kier alpha value is -1.73. The SMILES string of the molecule is CO[C@H]1C[C@@H](c2n[nH]c(C)n2)N(C(=O)Cc2cccs2)C1. The highest BCUT2D eigenvalue weighted by Crippen LogP contribution is 2.32. The molecule has 7 heteroatoms. The van der Waals surface area contributed by atoms with Crippen molar-refractivity contribution in [3.8, 4) is 0 Å². The van der Waals surface area contributed by atoms with E-state index in [4.69, 9.17) is 4.74 Å². The van der Waals surface area contributed by atoms with Gasteiger partial charge in [-0.3, -0.25) is 9.89 Å². The number of aromatic amines is 1. The van der Waals surface area contributed by atoms with Gasteiger partial charge in [-0.2, -0.15) is 5.10 Å². The van der Waals surface area contributed by atoms with E-state index in [1.807, 2.05) is 29.3 Å². The Balaban J connectivity index is 1.78. The lowest BCUT2D eigenvalue weighted by molar-refractivity contribution is -0.131. The van der Waals surface area contributed by atoms with Gasteiger partial charge >= 0.3 is 0 Å². The number of hydrogen-bond acceptors (Lipinski definition) is 5. The van der Waals surface area contributed by atoms with Gasteiger partial charge in [-0.1, -0.05) is 6.07 Å². The van der Waals surface area contributed by atoms with Gasteiger partial charge in [0.05, 0.1) is 18.6 Å². The summed E-state index contributed by atoms with van der Waals surface area (Å²) in [6.45, 7) is 2.45. The average Bonchev–Trinajstić information content (AvgIpc) is 3.17. The highest BCUT2D eigenvalue weighted by Gasteiger charge is 2.38. The third-order valence-corrected chi connectivity index (χ3v) is 4.61. The van der Waals surface area contributed by atoms with Crippen LogP contribution in [0.4, 0.5) is 0 Å². The second-order valence-electron chi connectivity index (χ2n) is 5.19. The van der Waals surface area contributed by atoms with Crippen LogP contribution in [0.1, 0.15) is 29.0 Å². The van der Waals surface area contributed by atoms with Crippen molar-refractivity contribution >= 4 is 17.2 Å². The van der Waals surface area contributed by atoms with Gasteiger partial charge in [0.25, 0.3) is 0 Å². The number of ether oxygens (including phenoxy) is 1. The fraction of sp³-hybridized carbons (Fsp3) is 0.500. The third-order valence-electron chi connectivity index (χ3n) is 3.73. The maximum Gasteiger partial charge on any atom is 0.228 e. The molecule has 0 radical (unpaired) electrons. The lowest BCUT2D eigenvalue weighted by atomic mass is 10.2. The zero-order valence-corrected chi connectivity index (χ0v) is 12.9. The second kappa shape index (κ2) is 5.95. The van der Waals surface area contributed by atoms with E-state index < -0.39 is 0 Å². The molecule has 0 unspecified atom stereocenters. The Morgan fingerprint density at radius 1 is 1.62 bits per heavy atom. The standard InChI is InChI=1S/C14H18N4O2S/c1-9-15-14(17-16-9)12-6-10(20-2)8-18(12)13(19)7-11-4-3-5-21-11/h3-5,10,12H,6-8H2,1-2H3,(H,15,16,17)/t10-,12-/m0/s1. The molecule has 1 fully saturated rings. The lowest BCUT2D eigenvalue weighted by Crippen LogP contribution is -2.33. The molecule has 6 nitrogen and oxygen atoms in total. The predicted molar refractivity (Wildman–Crippen MR) is 79.0 cm³/mol. The second-order valence-corrected chi connectivity index (χ2v) is 6.22. The highest BCUT2D eigenvalue weighted by molar-refractivity contribution is 7.10. The Morgan fingerprint density at radius 2 is 2.48 bits per heavy atom. The van der Waals surface area contributed by atoms with Crippen molar-refractivity contribution in [3.05, 3.63) is 34.0 Å². The van der Waals surface area contributed by atoms with Gasteiger partial charge < -0.3 is 9.64 Å². The number of nitrogens with zero attached hydrogens (tertiary/aromatic N) is 3. The summed E-state index contributed by atoms with van der Waals surface area (Å²) in [5.41, 5.74) is 0. The summed E-state index contributed by atoms with van der Waals surface area (Å²) in [5, 5.41) is 9.05. The Labute approximate surface area is 127 Å². The molecule has 0 bridgehead atoms. The summed E-state index contributed by atoms with van der Waals surface area (Å²) in [6.07, 6.45) is 1.21. The first-order valence-electron chi connectivity index (χ1n) is 6.91. The molecule has 3 rings (SSSR count). The molecule has 1 aliphatic rings. The number of aryl methyl sites for hydroxylation is 1. The number of rotatable bonds is 4. The van der Waals surface area contributed by atoms with Crippen molar-refractivity contribution in [1.29, 1.82) is 0 Å². The molecule has 0 spiro atoms. The number of aromatic nitrogens is 3. The minimum Gasteiger partial charge on any atom is -0.380 e. The van der Waals surface area contributed by atoms with Crippen molar-refractivity contribution in [2.45, 2.75) is 31.9 Å². The fourth-order valence-corrected chi connectivity index (χ4v) is 3.36. The van der Waals surface area contributed by atoms with Crippen LogP contribution in [0.3, 0.4) is 0 Å². The number of thiophene rings is 1.